The normalized spacial score (nSPS) is 11.6. The Bertz CT molecular complexity index is 1850. The Morgan fingerprint density at radius 3 is 2.28 bits per heavy atom. The Morgan fingerprint density at radius 1 is 0.884 bits per heavy atom. The van der Waals surface area contributed by atoms with Gasteiger partial charge in [-0.1, -0.05) is 92.8 Å². The number of benzene rings is 3. The topological polar surface area (TPSA) is 38.9 Å². The summed E-state index contributed by atoms with van der Waals surface area (Å²) < 4.78 is 6.38. The summed E-state index contributed by atoms with van der Waals surface area (Å²) in [7, 11) is -1.56. The van der Waals surface area contributed by atoms with Gasteiger partial charge in [-0.15, -0.1) is 53.2 Å². The molecule has 0 saturated heterocycles. The van der Waals surface area contributed by atoms with Crippen molar-refractivity contribution < 1.29 is 24.5 Å². The van der Waals surface area contributed by atoms with Gasteiger partial charge in [0, 0.05) is 46.0 Å². The van der Waals surface area contributed by atoms with Crippen molar-refractivity contribution >= 4 is 35.2 Å². The average molecular weight is 761 g/mol. The number of rotatable bonds is 5. The van der Waals surface area contributed by atoms with E-state index in [2.05, 4.69) is 108 Å². The van der Waals surface area contributed by atoms with Crippen LogP contribution in [0.3, 0.4) is 0 Å². The van der Waals surface area contributed by atoms with Crippen LogP contribution in [0.1, 0.15) is 43.9 Å². The van der Waals surface area contributed by atoms with Crippen LogP contribution in [0.25, 0.3) is 44.5 Å². The predicted octanol–water partition coefficient (Wildman–Crippen LogP) is 9.84. The molecule has 43 heavy (non-hydrogen) atoms. The molecule has 3 aromatic heterocycles. The number of pyridine rings is 2. The molecule has 0 bridgehead atoms. The molecule has 0 aliphatic heterocycles. The zero-order chi connectivity index (χ0) is 30.1. The summed E-state index contributed by atoms with van der Waals surface area (Å²) in [5, 5.41) is 3.82. The van der Waals surface area contributed by atoms with E-state index in [4.69, 9.17) is 9.40 Å². The quantitative estimate of drug-likeness (QED) is 0.130. The van der Waals surface area contributed by atoms with Crippen molar-refractivity contribution in [1.82, 2.24) is 9.97 Å². The molecule has 1 radical (unpaired) electrons. The molecule has 6 rings (SSSR count). The van der Waals surface area contributed by atoms with Crippen LogP contribution in [0.2, 0.25) is 19.6 Å². The minimum absolute atomic E-state index is 0. The van der Waals surface area contributed by atoms with Crippen LogP contribution in [0.5, 0.6) is 0 Å². The van der Waals surface area contributed by atoms with Gasteiger partial charge in [-0.05, 0) is 54.8 Å². The molecule has 0 saturated carbocycles. The zero-order valence-corrected chi connectivity index (χ0v) is 29.8. The van der Waals surface area contributed by atoms with Crippen molar-refractivity contribution in [2.24, 2.45) is 0 Å². The molecule has 6 aromatic rings. The number of furan rings is 1. The van der Waals surface area contributed by atoms with E-state index in [0.29, 0.717) is 0 Å². The van der Waals surface area contributed by atoms with Gasteiger partial charge in [0.05, 0.1) is 5.58 Å². The van der Waals surface area contributed by atoms with Gasteiger partial charge in [-0.25, -0.2) is 0 Å². The Kier molecular flexibility index (Phi) is 9.91. The standard InChI is InChI=1S/C26H30NOSi.C12H10N.Ir/c1-8-26(3,4)20-16-27-21(15-17(20)2)18-13-14-23(29(5,6)7)24-19-11-9-10-12-22(19)28-25(18)24;1-10-7-8-13-12(9-10)11-5-3-2-4-6-11;/h9-12,14-16H,8H2,1-7H3;2-5,7-9H,1H3;/q2*-1;. The number of aromatic nitrogens is 2. The molecule has 223 valence electrons. The maximum absolute atomic E-state index is 6.38. The van der Waals surface area contributed by atoms with Crippen molar-refractivity contribution in [3.05, 3.63) is 114 Å². The smallest absolute Gasteiger partial charge is 0.120 e. The van der Waals surface area contributed by atoms with Gasteiger partial charge in [0.2, 0.25) is 0 Å². The molecule has 0 spiro atoms. The second-order valence-corrected chi connectivity index (χ2v) is 17.8. The summed E-state index contributed by atoms with van der Waals surface area (Å²) in [5.41, 5.74) is 9.71. The van der Waals surface area contributed by atoms with Crippen LogP contribution in [0.4, 0.5) is 0 Å². The fourth-order valence-electron chi connectivity index (χ4n) is 5.38. The molecule has 0 fully saturated rings. The van der Waals surface area contributed by atoms with Gasteiger partial charge in [-0.2, -0.15) is 0 Å². The van der Waals surface area contributed by atoms with Crippen LogP contribution in [0, 0.1) is 26.0 Å². The van der Waals surface area contributed by atoms with E-state index in [1.165, 1.54) is 32.6 Å². The number of hydrogen-bond acceptors (Lipinski definition) is 3. The van der Waals surface area contributed by atoms with Gasteiger partial charge >= 0.3 is 0 Å². The summed E-state index contributed by atoms with van der Waals surface area (Å²) >= 11 is 0. The van der Waals surface area contributed by atoms with Crippen molar-refractivity contribution in [2.45, 2.75) is 66.1 Å². The fraction of sp³-hybridized carbons (Fsp3) is 0.263. The maximum atomic E-state index is 6.38. The van der Waals surface area contributed by atoms with Crippen LogP contribution in [-0.2, 0) is 25.5 Å². The van der Waals surface area contributed by atoms with Crippen molar-refractivity contribution in [3.8, 4) is 22.5 Å². The van der Waals surface area contributed by atoms with E-state index in [9.17, 15) is 0 Å². The Hall–Kier alpha value is -3.37. The first kappa shape index (κ1) is 32.5. The SMILES string of the molecule is CCC(C)(C)c1cnc(-c2[c-]cc([Si](C)(C)C)c3c2oc2ccccc23)cc1C.Cc1ccnc(-c2[c-]cccc2)c1.[Ir]. The van der Waals surface area contributed by atoms with Gasteiger partial charge in [-0.3, -0.25) is 0 Å². The van der Waals surface area contributed by atoms with Crippen molar-refractivity contribution in [1.29, 1.82) is 0 Å². The van der Waals surface area contributed by atoms with Crippen molar-refractivity contribution in [2.75, 3.05) is 0 Å². The first-order valence-corrected chi connectivity index (χ1v) is 18.2. The number of aryl methyl sites for hydroxylation is 2. The predicted molar refractivity (Wildman–Crippen MR) is 180 cm³/mol. The summed E-state index contributed by atoms with van der Waals surface area (Å²) in [6.07, 6.45) is 4.95. The number of nitrogens with zero attached hydrogens (tertiary/aromatic N) is 2. The Labute approximate surface area is 271 Å². The molecule has 5 heteroatoms. The molecular weight excluding hydrogens is 721 g/mol. The number of hydrogen-bond donors (Lipinski definition) is 0. The molecule has 0 aliphatic carbocycles. The third-order valence-corrected chi connectivity index (χ3v) is 10.2. The Balaban J connectivity index is 0.000000253. The first-order chi connectivity index (χ1) is 20.0. The van der Waals surface area contributed by atoms with E-state index < -0.39 is 8.07 Å². The third-order valence-electron chi connectivity index (χ3n) is 8.14. The van der Waals surface area contributed by atoms with E-state index in [-0.39, 0.29) is 25.5 Å². The van der Waals surface area contributed by atoms with E-state index in [0.717, 1.165) is 40.1 Å². The third kappa shape index (κ3) is 6.91. The molecule has 0 N–H and O–H groups in total. The minimum atomic E-state index is -1.56. The second kappa shape index (κ2) is 13.1. The number of para-hydroxylation sites is 1. The first-order valence-electron chi connectivity index (χ1n) is 14.7. The van der Waals surface area contributed by atoms with Gasteiger partial charge < -0.3 is 14.4 Å². The van der Waals surface area contributed by atoms with Crippen LogP contribution in [-0.4, -0.2) is 18.0 Å². The molecular formula is C38H40IrN2OSi-2. The molecule has 0 aliphatic rings. The average Bonchev–Trinajstić information content (AvgIpc) is 3.36. The van der Waals surface area contributed by atoms with Crippen LogP contribution >= 0.6 is 0 Å². The van der Waals surface area contributed by atoms with E-state index in [1.54, 1.807) is 0 Å². The summed E-state index contributed by atoms with van der Waals surface area (Å²) in [6, 6.07) is 31.3. The molecule has 3 heterocycles. The molecule has 0 unspecified atom stereocenters. The molecule has 3 nitrogen and oxygen atoms in total. The Morgan fingerprint density at radius 2 is 1.63 bits per heavy atom. The monoisotopic (exact) mass is 761 g/mol. The largest absolute Gasteiger partial charge is 0.501 e. The summed E-state index contributed by atoms with van der Waals surface area (Å²) in [4.78, 5) is 9.13. The van der Waals surface area contributed by atoms with Gasteiger partial charge in [0.15, 0.2) is 0 Å². The summed E-state index contributed by atoms with van der Waals surface area (Å²) in [5.74, 6) is 0. The van der Waals surface area contributed by atoms with Gasteiger partial charge in [0.1, 0.15) is 5.58 Å². The summed E-state index contributed by atoms with van der Waals surface area (Å²) in [6.45, 7) is 18.2. The van der Waals surface area contributed by atoms with Crippen molar-refractivity contribution in [3.63, 3.8) is 0 Å². The second-order valence-electron chi connectivity index (χ2n) is 12.7. The fourth-order valence-corrected chi connectivity index (χ4v) is 6.88. The van der Waals surface area contributed by atoms with Crippen LogP contribution < -0.4 is 5.19 Å². The van der Waals surface area contributed by atoms with E-state index in [1.807, 2.05) is 48.8 Å². The van der Waals surface area contributed by atoms with E-state index >= 15 is 0 Å². The minimum Gasteiger partial charge on any atom is -0.501 e. The molecule has 0 atom stereocenters. The van der Waals surface area contributed by atoms with Crippen LogP contribution in [0.15, 0.2) is 89.6 Å². The maximum Gasteiger partial charge on any atom is 0.120 e. The zero-order valence-electron chi connectivity index (χ0n) is 26.4. The molecule has 3 aromatic carbocycles. The number of fused-ring (bicyclic) bond motifs is 3. The van der Waals surface area contributed by atoms with Gasteiger partial charge in [0.25, 0.3) is 0 Å². The molecule has 0 amide bonds.